The van der Waals surface area contributed by atoms with E-state index in [0.717, 1.165) is 16.8 Å². The first kappa shape index (κ1) is 47.7. The van der Waals surface area contributed by atoms with Gasteiger partial charge >= 0.3 is 36.0 Å². The van der Waals surface area contributed by atoms with Gasteiger partial charge in [-0.2, -0.15) is 31.0 Å². The number of alkyl halides is 6. The minimum absolute atomic E-state index is 0.0527. The molecule has 1 aromatic heterocycles. The van der Waals surface area contributed by atoms with Crippen LogP contribution in [0.3, 0.4) is 0 Å². The first-order chi connectivity index (χ1) is 26.7. The number of carboxylic acids is 3. The second-order valence-electron chi connectivity index (χ2n) is 13.3. The van der Waals surface area contributed by atoms with Gasteiger partial charge in [0.1, 0.15) is 11.9 Å². The number of hydrogen-bond donors (Lipinski definition) is 7. The Morgan fingerprint density at radius 2 is 1.50 bits per heavy atom. The van der Waals surface area contributed by atoms with Crippen LogP contribution in [0.5, 0.6) is 5.75 Å². The predicted molar refractivity (Wildman–Crippen MR) is 195 cm³/mol. The lowest BCUT2D eigenvalue weighted by molar-refractivity contribution is -0.193. The summed E-state index contributed by atoms with van der Waals surface area (Å²) in [4.78, 5) is 47.6. The molecular formula is C36H40F7N7O8. The summed E-state index contributed by atoms with van der Waals surface area (Å²) in [5, 5.41) is 39.3. The van der Waals surface area contributed by atoms with Crippen LogP contribution in [0.15, 0.2) is 65.5 Å². The maximum Gasteiger partial charge on any atom is 0.490 e. The quantitative estimate of drug-likeness (QED) is 0.0490. The van der Waals surface area contributed by atoms with Crippen molar-refractivity contribution in [2.45, 2.75) is 45.6 Å². The molecule has 1 unspecified atom stereocenters. The molecule has 316 valence electrons. The van der Waals surface area contributed by atoms with Crippen LogP contribution in [0.4, 0.5) is 36.4 Å². The molecular weight excluding hydrogens is 791 g/mol. The highest BCUT2D eigenvalue weighted by atomic mass is 19.4. The van der Waals surface area contributed by atoms with Crippen LogP contribution in [-0.2, 0) is 16.0 Å². The lowest BCUT2D eigenvalue weighted by Gasteiger charge is -2.28. The molecule has 15 nitrogen and oxygen atoms in total. The number of ether oxygens (including phenoxy) is 1. The monoisotopic (exact) mass is 831 g/mol. The van der Waals surface area contributed by atoms with Gasteiger partial charge in [-0.3, -0.25) is 10.4 Å². The number of nitrogens with one attached hydrogen (secondary N) is 3. The number of aromatic nitrogens is 3. The van der Waals surface area contributed by atoms with E-state index in [9.17, 15) is 41.0 Å². The van der Waals surface area contributed by atoms with Crippen LogP contribution in [-0.4, -0.2) is 98.3 Å². The SMILES string of the molecule is CCc1cc(OCC(C)(C)CN(C)C)c(F)c(C(Nc2ccc(C(=N)N)cc2)c2nn(-c3ccccc3C(=O)O)c(=O)[nH]2)c1.O=C(O)C(F)(F)F.O=C(O)C(F)(F)F. The van der Waals surface area contributed by atoms with Crippen molar-refractivity contribution in [2.24, 2.45) is 11.1 Å². The molecule has 4 rings (SSSR count). The zero-order valence-corrected chi connectivity index (χ0v) is 31.4. The minimum Gasteiger partial charge on any atom is -0.490 e. The number of aromatic carboxylic acids is 1. The Labute approximate surface area is 325 Å². The molecule has 1 heterocycles. The first-order valence-electron chi connectivity index (χ1n) is 16.6. The highest BCUT2D eigenvalue weighted by Gasteiger charge is 2.39. The molecule has 3 aromatic carbocycles. The van der Waals surface area contributed by atoms with E-state index in [1.54, 1.807) is 48.5 Å². The zero-order chi connectivity index (χ0) is 44.3. The average Bonchev–Trinajstić information content (AvgIpc) is 3.50. The van der Waals surface area contributed by atoms with Gasteiger partial charge in [0.2, 0.25) is 0 Å². The number of rotatable bonds is 13. The van der Waals surface area contributed by atoms with Crippen molar-refractivity contribution in [3.63, 3.8) is 0 Å². The fraction of sp³-hybridized carbons (Fsp3) is 0.333. The van der Waals surface area contributed by atoms with Crippen LogP contribution in [0.25, 0.3) is 5.69 Å². The van der Waals surface area contributed by atoms with E-state index < -0.39 is 47.8 Å². The number of carbonyl (C=O) groups is 3. The Morgan fingerprint density at radius 1 is 0.966 bits per heavy atom. The summed E-state index contributed by atoms with van der Waals surface area (Å²) in [5.41, 5.74) is 6.62. The lowest BCUT2D eigenvalue weighted by atomic mass is 9.94. The molecule has 22 heteroatoms. The van der Waals surface area contributed by atoms with Crippen molar-refractivity contribution < 1.29 is 65.2 Å². The highest BCUT2D eigenvalue weighted by Crippen LogP contribution is 2.34. The van der Waals surface area contributed by atoms with Crippen molar-refractivity contribution in [2.75, 3.05) is 32.6 Å². The second-order valence-corrected chi connectivity index (χ2v) is 13.3. The van der Waals surface area contributed by atoms with Gasteiger partial charge in [0.15, 0.2) is 17.4 Å². The van der Waals surface area contributed by atoms with E-state index >= 15 is 4.39 Å². The third kappa shape index (κ3) is 13.9. The molecule has 0 radical (unpaired) electrons. The van der Waals surface area contributed by atoms with Gasteiger partial charge in [-0.15, -0.1) is 5.10 Å². The van der Waals surface area contributed by atoms with Crippen LogP contribution < -0.4 is 21.5 Å². The van der Waals surface area contributed by atoms with Crippen molar-refractivity contribution in [1.82, 2.24) is 19.7 Å². The van der Waals surface area contributed by atoms with Gasteiger partial charge in [0.05, 0.1) is 17.9 Å². The van der Waals surface area contributed by atoms with Crippen molar-refractivity contribution >= 4 is 29.4 Å². The summed E-state index contributed by atoms with van der Waals surface area (Å²) in [6.07, 6.45) is -9.58. The molecule has 4 aromatic rings. The number of aryl methyl sites for hydroxylation is 1. The standard InChI is InChI=1S/C32H38FN7O4.2C2HF3O2/c1-6-19-15-23(26(33)25(16-19)44-18-32(2,3)17-39(4)5)27(36-21-13-11-20(12-14-21)28(34)35)29-37-31(43)40(38-29)24-10-8-7-9-22(24)30(41)42;2*3-2(4,5)1(6)7/h7-16,27,36H,6,17-18H2,1-5H3,(H3,34,35)(H,41,42)(H,37,38,43);2*(H,6,7). The van der Waals surface area contributed by atoms with Gasteiger partial charge in [0.25, 0.3) is 0 Å². The van der Waals surface area contributed by atoms with E-state index in [2.05, 4.69) is 15.4 Å². The number of H-pyrrole nitrogens is 1. The van der Waals surface area contributed by atoms with Gasteiger partial charge in [0, 0.05) is 28.8 Å². The second kappa shape index (κ2) is 19.6. The molecule has 0 aliphatic rings. The van der Waals surface area contributed by atoms with Crippen molar-refractivity contribution in [3.8, 4) is 11.4 Å². The molecule has 0 fully saturated rings. The molecule has 1 atom stereocenters. The van der Waals surface area contributed by atoms with E-state index in [-0.39, 0.29) is 46.2 Å². The summed E-state index contributed by atoms with van der Waals surface area (Å²) in [5.74, 6) is -7.34. The van der Waals surface area contributed by atoms with E-state index in [1.807, 2.05) is 39.8 Å². The number of para-hydroxylation sites is 1. The highest BCUT2D eigenvalue weighted by molar-refractivity contribution is 5.95. The Balaban J connectivity index is 0.000000707. The molecule has 0 saturated carbocycles. The van der Waals surface area contributed by atoms with Crippen molar-refractivity contribution in [1.29, 1.82) is 5.41 Å². The minimum atomic E-state index is -5.08. The molecule has 0 saturated heterocycles. The summed E-state index contributed by atoms with van der Waals surface area (Å²) in [7, 11) is 3.93. The number of nitrogens with two attached hydrogens (primary N) is 1. The van der Waals surface area contributed by atoms with E-state index in [0.29, 0.717) is 17.7 Å². The van der Waals surface area contributed by atoms with Gasteiger partial charge in [-0.25, -0.2) is 23.6 Å². The number of amidine groups is 1. The number of carboxylic acid groups (broad SMARTS) is 3. The number of hydrogen-bond acceptors (Lipinski definition) is 9. The fourth-order valence-electron chi connectivity index (χ4n) is 5.05. The molecule has 0 bridgehead atoms. The van der Waals surface area contributed by atoms with Gasteiger partial charge in [-0.05, 0) is 68.5 Å². The van der Waals surface area contributed by atoms with Gasteiger partial charge < -0.3 is 36.0 Å². The summed E-state index contributed by atoms with van der Waals surface area (Å²) >= 11 is 0. The summed E-state index contributed by atoms with van der Waals surface area (Å²) in [6, 6.07) is 15.0. The van der Waals surface area contributed by atoms with E-state index in [4.69, 9.17) is 35.7 Å². The third-order valence-corrected chi connectivity index (χ3v) is 7.47. The normalized spacial score (nSPS) is 12.0. The number of nitrogen functional groups attached to an aromatic ring is 1. The number of benzene rings is 3. The maximum absolute atomic E-state index is 16.4. The Morgan fingerprint density at radius 3 is 1.97 bits per heavy atom. The predicted octanol–water partition coefficient (Wildman–Crippen LogP) is 5.68. The maximum atomic E-state index is 16.4. The number of aromatic amines is 1. The van der Waals surface area contributed by atoms with E-state index in [1.165, 1.54) is 12.1 Å². The summed E-state index contributed by atoms with van der Waals surface area (Å²) < 4.78 is 86.9. The third-order valence-electron chi connectivity index (χ3n) is 7.47. The van der Waals surface area contributed by atoms with Crippen LogP contribution >= 0.6 is 0 Å². The smallest absolute Gasteiger partial charge is 0.490 e. The van der Waals surface area contributed by atoms with Crippen molar-refractivity contribution in [3.05, 3.63) is 105 Å². The van der Waals surface area contributed by atoms with Crippen LogP contribution in [0.1, 0.15) is 59.7 Å². The largest absolute Gasteiger partial charge is 0.490 e. The Kier molecular flexibility index (Phi) is 16.1. The number of anilines is 1. The van der Waals surface area contributed by atoms with Crippen LogP contribution in [0, 0.1) is 16.6 Å². The molecule has 58 heavy (non-hydrogen) atoms. The zero-order valence-electron chi connectivity index (χ0n) is 31.4. The molecule has 0 aliphatic heterocycles. The Bertz CT molecular complexity index is 2110. The average molecular weight is 832 g/mol. The molecule has 0 spiro atoms. The number of nitrogens with zero attached hydrogens (tertiary/aromatic N) is 3. The number of aliphatic carboxylic acids is 2. The molecule has 0 aliphatic carbocycles. The molecule has 0 amide bonds. The lowest BCUT2D eigenvalue weighted by Crippen LogP contribution is -2.33. The number of halogens is 7. The summed E-state index contributed by atoms with van der Waals surface area (Å²) in [6.45, 7) is 7.01. The first-order valence-corrected chi connectivity index (χ1v) is 16.6. The van der Waals surface area contributed by atoms with Crippen LogP contribution in [0.2, 0.25) is 0 Å². The fourth-order valence-corrected chi connectivity index (χ4v) is 5.05. The van der Waals surface area contributed by atoms with Gasteiger partial charge in [-0.1, -0.05) is 39.0 Å². The Hall–Kier alpha value is -6.45. The topological polar surface area (TPSA) is 237 Å². The molecule has 8 N–H and O–H groups in total.